The van der Waals surface area contributed by atoms with Crippen LogP contribution in [0.2, 0.25) is 0 Å². The first kappa shape index (κ1) is 9.23. The Balaban J connectivity index is 3.16. The number of hydrogen-bond donors (Lipinski definition) is 3. The normalized spacial score (nSPS) is 14.3. The maximum atomic E-state index is 8.47. The third-order valence-electron chi connectivity index (χ3n) is 1.04. The summed E-state index contributed by atoms with van der Waals surface area (Å²) >= 11 is 1.65. The monoisotopic (exact) mass is 151 g/mol. The third kappa shape index (κ3) is 4.72. The highest BCUT2D eigenvalue weighted by atomic mass is 32.2. The molecular formula is C5H13NO2S. The summed E-state index contributed by atoms with van der Waals surface area (Å²) in [5, 5.41) is 16.9. The lowest BCUT2D eigenvalue weighted by Crippen LogP contribution is -2.34. The second-order valence-corrected chi connectivity index (χ2v) is 2.84. The van der Waals surface area contributed by atoms with Gasteiger partial charge in [0, 0.05) is 0 Å². The van der Waals surface area contributed by atoms with Gasteiger partial charge in [0.05, 0.1) is 6.04 Å². The van der Waals surface area contributed by atoms with Crippen LogP contribution in [-0.2, 0) is 0 Å². The van der Waals surface area contributed by atoms with Crippen LogP contribution in [-0.4, -0.2) is 34.6 Å². The number of thioether (sulfide) groups is 1. The van der Waals surface area contributed by atoms with Gasteiger partial charge < -0.3 is 15.9 Å². The van der Waals surface area contributed by atoms with Crippen molar-refractivity contribution >= 4 is 11.8 Å². The molecule has 0 saturated carbocycles. The first-order valence-corrected chi connectivity index (χ1v) is 4.18. The molecule has 0 aliphatic rings. The summed E-state index contributed by atoms with van der Waals surface area (Å²) in [6, 6.07) is -0.488. The van der Waals surface area contributed by atoms with Crippen LogP contribution in [0.3, 0.4) is 0 Å². The molecule has 0 spiro atoms. The van der Waals surface area contributed by atoms with E-state index in [2.05, 4.69) is 0 Å². The van der Waals surface area contributed by atoms with Crippen LogP contribution in [0.15, 0.2) is 0 Å². The Morgan fingerprint density at radius 3 is 2.44 bits per heavy atom. The summed E-state index contributed by atoms with van der Waals surface area (Å²) in [4.78, 5) is 0. The van der Waals surface area contributed by atoms with Gasteiger partial charge in [0.15, 0.2) is 6.29 Å². The lowest BCUT2D eigenvalue weighted by Gasteiger charge is -2.11. The Morgan fingerprint density at radius 2 is 2.11 bits per heavy atom. The maximum Gasteiger partial charge on any atom is 0.166 e. The second-order valence-electron chi connectivity index (χ2n) is 1.86. The fraction of sp³-hybridized carbons (Fsp3) is 1.00. The minimum Gasteiger partial charge on any atom is -0.367 e. The van der Waals surface area contributed by atoms with Gasteiger partial charge in [-0.1, -0.05) is 0 Å². The number of nitrogens with two attached hydrogens (primary N) is 1. The van der Waals surface area contributed by atoms with Crippen molar-refractivity contribution in [2.75, 3.05) is 12.0 Å². The molecule has 0 bridgehead atoms. The second kappa shape index (κ2) is 5.05. The van der Waals surface area contributed by atoms with Gasteiger partial charge in [-0.15, -0.1) is 0 Å². The van der Waals surface area contributed by atoms with Crippen molar-refractivity contribution in [3.8, 4) is 0 Å². The van der Waals surface area contributed by atoms with E-state index in [1.807, 2.05) is 6.26 Å². The molecule has 3 nitrogen and oxygen atoms in total. The van der Waals surface area contributed by atoms with E-state index >= 15 is 0 Å². The lowest BCUT2D eigenvalue weighted by atomic mass is 10.2. The fourth-order valence-electron chi connectivity index (χ4n) is 0.403. The molecule has 4 N–H and O–H groups in total. The Hall–Kier alpha value is 0.230. The first-order valence-electron chi connectivity index (χ1n) is 2.79. The average molecular weight is 151 g/mol. The van der Waals surface area contributed by atoms with E-state index in [4.69, 9.17) is 15.9 Å². The molecular weight excluding hydrogens is 138 g/mol. The van der Waals surface area contributed by atoms with E-state index in [-0.39, 0.29) is 0 Å². The number of hydrogen-bond acceptors (Lipinski definition) is 4. The summed E-state index contributed by atoms with van der Waals surface area (Å²) in [7, 11) is 0. The highest BCUT2D eigenvalue weighted by Crippen LogP contribution is 1.99. The molecule has 0 rings (SSSR count). The van der Waals surface area contributed by atoms with Gasteiger partial charge in [-0.05, 0) is 18.4 Å². The van der Waals surface area contributed by atoms with Gasteiger partial charge in [0.2, 0.25) is 0 Å². The molecule has 4 heteroatoms. The zero-order valence-electron chi connectivity index (χ0n) is 5.45. The van der Waals surface area contributed by atoms with Crippen LogP contribution in [0.1, 0.15) is 6.42 Å². The SMILES string of the molecule is CSCC[C@H](N)C(O)O. The molecule has 0 saturated heterocycles. The summed E-state index contributed by atoms with van der Waals surface area (Å²) in [5.41, 5.74) is 5.29. The highest BCUT2D eigenvalue weighted by molar-refractivity contribution is 7.98. The van der Waals surface area contributed by atoms with Crippen molar-refractivity contribution in [3.05, 3.63) is 0 Å². The lowest BCUT2D eigenvalue weighted by molar-refractivity contribution is -0.0583. The fourth-order valence-corrected chi connectivity index (χ4v) is 0.911. The molecule has 9 heavy (non-hydrogen) atoms. The van der Waals surface area contributed by atoms with Crippen molar-refractivity contribution in [3.63, 3.8) is 0 Å². The Bertz CT molecular complexity index is 70.0. The van der Waals surface area contributed by atoms with Gasteiger partial charge in [0.25, 0.3) is 0 Å². The molecule has 0 aromatic rings. The molecule has 0 amide bonds. The van der Waals surface area contributed by atoms with Crippen LogP contribution in [0.25, 0.3) is 0 Å². The molecule has 56 valence electrons. The standard InChI is InChI=1S/C5H13NO2S/c1-9-3-2-4(6)5(7)8/h4-5,7-8H,2-3,6H2,1H3/t4-/m0/s1. The molecule has 0 heterocycles. The van der Waals surface area contributed by atoms with Crippen LogP contribution in [0.4, 0.5) is 0 Å². The molecule has 0 aliphatic carbocycles. The van der Waals surface area contributed by atoms with Crippen LogP contribution >= 0.6 is 11.8 Å². The maximum absolute atomic E-state index is 8.47. The Kier molecular flexibility index (Phi) is 5.18. The topological polar surface area (TPSA) is 66.5 Å². The van der Waals surface area contributed by atoms with E-state index in [1.165, 1.54) is 0 Å². The summed E-state index contributed by atoms with van der Waals surface area (Å²) in [5.74, 6) is 0.874. The number of aliphatic hydroxyl groups excluding tert-OH is 1. The molecule has 0 aromatic heterocycles. The van der Waals surface area contributed by atoms with Gasteiger partial charge in [0.1, 0.15) is 0 Å². The molecule has 0 radical (unpaired) electrons. The molecule has 0 unspecified atom stereocenters. The minimum absolute atomic E-state index is 0.488. The molecule has 1 atom stereocenters. The van der Waals surface area contributed by atoms with Crippen LogP contribution in [0, 0.1) is 0 Å². The number of aliphatic hydroxyl groups is 2. The van der Waals surface area contributed by atoms with Crippen LogP contribution < -0.4 is 5.73 Å². The van der Waals surface area contributed by atoms with Crippen molar-refractivity contribution < 1.29 is 10.2 Å². The van der Waals surface area contributed by atoms with Crippen molar-refractivity contribution in [2.45, 2.75) is 18.8 Å². The highest BCUT2D eigenvalue weighted by Gasteiger charge is 2.08. The predicted octanol–water partition coefficient (Wildman–Crippen LogP) is -0.623. The Labute approximate surface area is 59.3 Å². The Morgan fingerprint density at radius 1 is 1.56 bits per heavy atom. The summed E-state index contributed by atoms with van der Waals surface area (Å²) in [6.45, 7) is 0. The van der Waals surface area contributed by atoms with E-state index in [9.17, 15) is 0 Å². The van der Waals surface area contributed by atoms with Crippen molar-refractivity contribution in [1.82, 2.24) is 0 Å². The third-order valence-corrected chi connectivity index (χ3v) is 1.68. The van der Waals surface area contributed by atoms with E-state index < -0.39 is 12.3 Å². The molecule has 0 fully saturated rings. The first-order chi connectivity index (χ1) is 4.18. The van der Waals surface area contributed by atoms with Crippen molar-refractivity contribution in [1.29, 1.82) is 0 Å². The van der Waals surface area contributed by atoms with Gasteiger partial charge in [-0.3, -0.25) is 0 Å². The zero-order chi connectivity index (χ0) is 7.28. The van der Waals surface area contributed by atoms with Gasteiger partial charge in [-0.25, -0.2) is 0 Å². The van der Waals surface area contributed by atoms with Gasteiger partial charge in [-0.2, -0.15) is 11.8 Å². The molecule has 0 aliphatic heterocycles. The summed E-state index contributed by atoms with van der Waals surface area (Å²) in [6.07, 6.45) is 1.24. The minimum atomic E-state index is -1.36. The van der Waals surface area contributed by atoms with E-state index in [0.717, 1.165) is 5.75 Å². The zero-order valence-corrected chi connectivity index (χ0v) is 6.27. The summed E-state index contributed by atoms with van der Waals surface area (Å²) < 4.78 is 0. The van der Waals surface area contributed by atoms with Gasteiger partial charge >= 0.3 is 0 Å². The van der Waals surface area contributed by atoms with E-state index in [0.29, 0.717) is 6.42 Å². The average Bonchev–Trinajstić information content (AvgIpc) is 1.82. The van der Waals surface area contributed by atoms with Crippen LogP contribution in [0.5, 0.6) is 0 Å². The van der Waals surface area contributed by atoms with E-state index in [1.54, 1.807) is 11.8 Å². The quantitative estimate of drug-likeness (QED) is 0.468. The predicted molar refractivity (Wildman–Crippen MR) is 39.2 cm³/mol. The largest absolute Gasteiger partial charge is 0.367 e. The van der Waals surface area contributed by atoms with Crippen molar-refractivity contribution in [2.24, 2.45) is 5.73 Å². The number of rotatable bonds is 4. The molecule has 0 aromatic carbocycles. The smallest absolute Gasteiger partial charge is 0.166 e.